The van der Waals surface area contributed by atoms with Gasteiger partial charge < -0.3 is 10.2 Å². The first-order valence-corrected chi connectivity index (χ1v) is 11.1. The molecule has 2 aliphatic rings. The molecule has 6 nitrogen and oxygen atoms in total. The van der Waals surface area contributed by atoms with Crippen molar-refractivity contribution in [2.45, 2.75) is 50.3 Å². The molecule has 2 aliphatic heterocycles. The molecule has 0 radical (unpaired) electrons. The summed E-state index contributed by atoms with van der Waals surface area (Å²) in [6.07, 6.45) is 5.21. The van der Waals surface area contributed by atoms with Crippen molar-refractivity contribution in [3.05, 3.63) is 23.8 Å². The van der Waals surface area contributed by atoms with Crippen molar-refractivity contribution in [1.82, 2.24) is 9.62 Å². The van der Waals surface area contributed by atoms with Gasteiger partial charge in [0.2, 0.25) is 15.9 Å². The molecule has 0 spiro atoms. The van der Waals surface area contributed by atoms with E-state index >= 15 is 0 Å². The summed E-state index contributed by atoms with van der Waals surface area (Å²) in [4.78, 5) is 14.3. The highest BCUT2D eigenvalue weighted by molar-refractivity contribution is 7.89. The Balaban J connectivity index is 1.53. The van der Waals surface area contributed by atoms with E-state index in [1.807, 2.05) is 0 Å². The third-order valence-electron chi connectivity index (χ3n) is 5.33. The summed E-state index contributed by atoms with van der Waals surface area (Å²) in [5.41, 5.74) is 1.62. The van der Waals surface area contributed by atoms with E-state index in [9.17, 15) is 13.2 Å². The van der Waals surface area contributed by atoms with Crippen molar-refractivity contribution in [2.75, 3.05) is 31.5 Å². The van der Waals surface area contributed by atoms with Crippen LogP contribution < -0.4 is 10.0 Å². The maximum atomic E-state index is 12.6. The average molecular weight is 380 g/mol. The molecule has 7 heteroatoms. The lowest BCUT2D eigenvalue weighted by molar-refractivity contribution is -0.116. The molecule has 26 heavy (non-hydrogen) atoms. The topological polar surface area (TPSA) is 78.5 Å². The largest absolute Gasteiger partial charge is 0.326 e. The van der Waals surface area contributed by atoms with Gasteiger partial charge in [0, 0.05) is 18.7 Å². The van der Waals surface area contributed by atoms with E-state index < -0.39 is 10.0 Å². The number of carbonyl (C=O) groups excluding carboxylic acids is 1. The van der Waals surface area contributed by atoms with Gasteiger partial charge in [0.1, 0.15) is 0 Å². The molecule has 0 unspecified atom stereocenters. The summed E-state index contributed by atoms with van der Waals surface area (Å²) < 4.78 is 27.8. The Labute approximate surface area is 156 Å². The monoisotopic (exact) mass is 379 g/mol. The molecule has 2 heterocycles. The molecule has 1 amide bonds. The quantitative estimate of drug-likeness (QED) is 0.744. The number of aryl methyl sites for hydroxylation is 1. The van der Waals surface area contributed by atoms with Crippen LogP contribution in [-0.2, 0) is 21.2 Å². The molecule has 0 atom stereocenters. The number of hydrogen-bond donors (Lipinski definition) is 2. The number of rotatable bonds is 6. The van der Waals surface area contributed by atoms with Crippen LogP contribution in [0.3, 0.4) is 0 Å². The van der Waals surface area contributed by atoms with Crippen LogP contribution in [0.2, 0.25) is 0 Å². The lowest BCUT2D eigenvalue weighted by Gasteiger charge is -2.30. The molecule has 2 N–H and O–H groups in total. The minimum absolute atomic E-state index is 0.00964. The Bertz CT molecular complexity index is 740. The second-order valence-corrected chi connectivity index (χ2v) is 9.26. The average Bonchev–Trinajstić information content (AvgIpc) is 2.80. The van der Waals surface area contributed by atoms with E-state index in [4.69, 9.17) is 0 Å². The minimum Gasteiger partial charge on any atom is -0.326 e. The van der Waals surface area contributed by atoms with Crippen molar-refractivity contribution in [2.24, 2.45) is 5.92 Å². The number of fused-ring (bicyclic) bond motifs is 1. The maximum Gasteiger partial charge on any atom is 0.240 e. The molecule has 3 rings (SSSR count). The molecule has 144 valence electrons. The van der Waals surface area contributed by atoms with Crippen LogP contribution in [0.5, 0.6) is 0 Å². The maximum absolute atomic E-state index is 12.6. The van der Waals surface area contributed by atoms with Crippen molar-refractivity contribution >= 4 is 21.6 Å². The number of likely N-dealkylation sites (tertiary alicyclic amines) is 1. The molecule has 1 aromatic carbocycles. The van der Waals surface area contributed by atoms with Gasteiger partial charge >= 0.3 is 0 Å². The molecule has 0 saturated carbocycles. The first-order valence-electron chi connectivity index (χ1n) is 9.59. The fourth-order valence-corrected chi connectivity index (χ4v) is 4.72. The number of carbonyl (C=O) groups is 1. The van der Waals surface area contributed by atoms with Crippen molar-refractivity contribution < 1.29 is 13.2 Å². The molecule has 0 bridgehead atoms. The Kier molecular flexibility index (Phi) is 6.32. The van der Waals surface area contributed by atoms with E-state index in [1.165, 1.54) is 12.8 Å². The van der Waals surface area contributed by atoms with Crippen LogP contribution in [-0.4, -0.2) is 45.4 Å². The number of benzene rings is 1. The first-order chi connectivity index (χ1) is 12.4. The molecule has 1 aromatic rings. The zero-order valence-corrected chi connectivity index (χ0v) is 16.3. The van der Waals surface area contributed by atoms with Crippen molar-refractivity contribution in [3.63, 3.8) is 0 Å². The van der Waals surface area contributed by atoms with Crippen molar-refractivity contribution in [3.8, 4) is 0 Å². The van der Waals surface area contributed by atoms with Crippen LogP contribution in [0.4, 0.5) is 5.69 Å². The van der Waals surface area contributed by atoms with E-state index in [0.29, 0.717) is 19.4 Å². The lowest BCUT2D eigenvalue weighted by atomic mass is 9.99. The number of sulfonamides is 1. The van der Waals surface area contributed by atoms with E-state index in [2.05, 4.69) is 21.9 Å². The first kappa shape index (κ1) is 19.3. The minimum atomic E-state index is -3.51. The zero-order chi connectivity index (χ0) is 18.6. The van der Waals surface area contributed by atoms with Crippen LogP contribution in [0.25, 0.3) is 0 Å². The number of hydrogen-bond acceptors (Lipinski definition) is 4. The Morgan fingerprint density at radius 3 is 2.77 bits per heavy atom. The second kappa shape index (κ2) is 8.50. The summed E-state index contributed by atoms with van der Waals surface area (Å²) in [7, 11) is -3.51. The lowest BCUT2D eigenvalue weighted by Crippen LogP contribution is -2.35. The zero-order valence-electron chi connectivity index (χ0n) is 15.5. The summed E-state index contributed by atoms with van der Waals surface area (Å²) >= 11 is 0. The molecule has 0 aromatic heterocycles. The summed E-state index contributed by atoms with van der Waals surface area (Å²) in [5, 5.41) is 2.83. The third-order valence-corrected chi connectivity index (χ3v) is 6.79. The highest BCUT2D eigenvalue weighted by atomic mass is 32.2. The number of anilines is 1. The highest BCUT2D eigenvalue weighted by Crippen LogP contribution is 2.25. The standard InChI is InChI=1S/C19H29N3O3S/c1-15-8-12-22(13-9-15)11-3-10-20-26(24,25)17-6-7-18-16(14-17)4-2-5-19(23)21-18/h6-7,14-15,20H,2-5,8-13H2,1H3,(H,21,23). The molecular weight excluding hydrogens is 350 g/mol. The van der Waals surface area contributed by atoms with Crippen LogP contribution >= 0.6 is 0 Å². The van der Waals surface area contributed by atoms with Gasteiger partial charge in [-0.05, 0) is 81.4 Å². The van der Waals surface area contributed by atoms with Gasteiger partial charge in [-0.3, -0.25) is 4.79 Å². The Morgan fingerprint density at radius 2 is 2.00 bits per heavy atom. The highest BCUT2D eigenvalue weighted by Gasteiger charge is 2.19. The van der Waals surface area contributed by atoms with Crippen LogP contribution in [0.1, 0.15) is 44.6 Å². The molecule has 1 fully saturated rings. The van der Waals surface area contributed by atoms with Crippen molar-refractivity contribution in [1.29, 1.82) is 0 Å². The van der Waals surface area contributed by atoms with Gasteiger partial charge in [0.15, 0.2) is 0 Å². The van der Waals surface area contributed by atoms with Gasteiger partial charge in [0.25, 0.3) is 0 Å². The Morgan fingerprint density at radius 1 is 1.23 bits per heavy atom. The predicted molar refractivity (Wildman–Crippen MR) is 103 cm³/mol. The number of nitrogens with one attached hydrogen (secondary N) is 2. The van der Waals surface area contributed by atoms with E-state index in [1.54, 1.807) is 18.2 Å². The summed E-state index contributed by atoms with van der Waals surface area (Å²) in [6.45, 7) is 5.90. The number of piperidine rings is 1. The molecule has 1 saturated heterocycles. The fraction of sp³-hybridized carbons (Fsp3) is 0.632. The fourth-order valence-electron chi connectivity index (χ4n) is 3.60. The van der Waals surface area contributed by atoms with Gasteiger partial charge in [-0.1, -0.05) is 6.92 Å². The van der Waals surface area contributed by atoms with Gasteiger partial charge in [-0.15, -0.1) is 0 Å². The number of amides is 1. The van der Waals surface area contributed by atoms with E-state index in [0.717, 1.165) is 49.6 Å². The smallest absolute Gasteiger partial charge is 0.240 e. The van der Waals surface area contributed by atoms with Gasteiger partial charge in [-0.2, -0.15) is 0 Å². The normalized spacial score (nSPS) is 19.7. The van der Waals surface area contributed by atoms with Crippen LogP contribution in [0, 0.1) is 5.92 Å². The van der Waals surface area contributed by atoms with Crippen LogP contribution in [0.15, 0.2) is 23.1 Å². The number of nitrogens with zero attached hydrogens (tertiary/aromatic N) is 1. The Hall–Kier alpha value is -1.44. The molecule has 0 aliphatic carbocycles. The van der Waals surface area contributed by atoms with E-state index in [-0.39, 0.29) is 10.8 Å². The third kappa shape index (κ3) is 5.05. The second-order valence-electron chi connectivity index (χ2n) is 7.50. The van der Waals surface area contributed by atoms with Gasteiger partial charge in [0.05, 0.1) is 4.90 Å². The predicted octanol–water partition coefficient (Wildman–Crippen LogP) is 2.36. The molecular formula is C19H29N3O3S. The summed E-state index contributed by atoms with van der Waals surface area (Å²) in [5.74, 6) is 0.798. The van der Waals surface area contributed by atoms with Gasteiger partial charge in [-0.25, -0.2) is 13.1 Å². The SMILES string of the molecule is CC1CCN(CCCNS(=O)(=O)c2ccc3c(c2)CCCC(=O)N3)CC1. The summed E-state index contributed by atoms with van der Waals surface area (Å²) in [6, 6.07) is 4.95.